The second-order valence-electron chi connectivity index (χ2n) is 6.02. The van der Waals surface area contributed by atoms with Gasteiger partial charge in [-0.3, -0.25) is 4.79 Å². The first kappa shape index (κ1) is 15.3. The number of halogens is 1. The van der Waals surface area contributed by atoms with Crippen molar-refractivity contribution in [1.82, 2.24) is 4.90 Å². The Bertz CT molecular complexity index is 536. The number of carbonyl (C=O) groups is 1. The highest BCUT2D eigenvalue weighted by atomic mass is 19.1. The lowest BCUT2D eigenvalue weighted by molar-refractivity contribution is -0.135. The highest BCUT2D eigenvalue weighted by molar-refractivity contribution is 5.77. The Morgan fingerprint density at radius 2 is 2.14 bits per heavy atom. The third-order valence-electron chi connectivity index (χ3n) is 4.69. The minimum absolute atomic E-state index is 0.00760. The average Bonchev–Trinajstić information content (AvgIpc) is 3.09. The number of fused-ring (bicyclic) bond motifs is 1. The maximum Gasteiger partial charge on any atom is 0.248 e. The van der Waals surface area contributed by atoms with Crippen LogP contribution in [0.25, 0.3) is 0 Å². The molecule has 0 N–H and O–H groups in total. The number of ether oxygens (including phenoxy) is 2. The van der Waals surface area contributed by atoms with Gasteiger partial charge in [-0.2, -0.15) is 0 Å². The van der Waals surface area contributed by atoms with Crippen molar-refractivity contribution in [3.63, 3.8) is 0 Å². The lowest BCUT2D eigenvalue weighted by atomic mass is 9.99. The fraction of sp³-hybridized carbons (Fsp3) is 0.588. The zero-order chi connectivity index (χ0) is 15.5. The minimum Gasteiger partial charge on any atom is -0.487 e. The van der Waals surface area contributed by atoms with E-state index in [2.05, 4.69) is 0 Å². The Hall–Kier alpha value is -1.62. The Balaban J connectivity index is 1.61. The molecule has 1 aliphatic heterocycles. The third kappa shape index (κ3) is 3.09. The summed E-state index contributed by atoms with van der Waals surface area (Å²) >= 11 is 0. The Labute approximate surface area is 130 Å². The molecular formula is C17H22FNO3. The lowest BCUT2D eigenvalue weighted by Crippen LogP contribution is -2.34. The van der Waals surface area contributed by atoms with Gasteiger partial charge in [-0.05, 0) is 37.8 Å². The molecule has 22 heavy (non-hydrogen) atoms. The van der Waals surface area contributed by atoms with Crippen LogP contribution in [-0.2, 0) is 9.53 Å². The molecule has 3 atom stereocenters. The van der Waals surface area contributed by atoms with Crippen LogP contribution in [0.5, 0.6) is 5.75 Å². The van der Waals surface area contributed by atoms with Gasteiger partial charge >= 0.3 is 0 Å². The van der Waals surface area contributed by atoms with E-state index in [1.54, 1.807) is 18.2 Å². The number of rotatable bonds is 5. The number of benzene rings is 1. The fourth-order valence-electron chi connectivity index (χ4n) is 3.55. The Morgan fingerprint density at radius 3 is 2.91 bits per heavy atom. The second-order valence-corrected chi connectivity index (χ2v) is 6.02. The van der Waals surface area contributed by atoms with E-state index in [-0.39, 0.29) is 24.4 Å². The number of hydrogen-bond donors (Lipinski definition) is 0. The summed E-state index contributed by atoms with van der Waals surface area (Å²) in [5.74, 6) is 0.786. The topological polar surface area (TPSA) is 38.8 Å². The van der Waals surface area contributed by atoms with Crippen LogP contribution in [-0.4, -0.2) is 43.2 Å². The van der Waals surface area contributed by atoms with Crippen LogP contribution < -0.4 is 4.74 Å². The number of nitrogens with zero attached hydrogens (tertiary/aromatic N) is 1. The van der Waals surface area contributed by atoms with E-state index in [9.17, 15) is 9.18 Å². The fourth-order valence-corrected chi connectivity index (χ4v) is 3.55. The molecule has 1 aromatic rings. The van der Waals surface area contributed by atoms with Crippen LogP contribution in [0, 0.1) is 17.7 Å². The van der Waals surface area contributed by atoms with Gasteiger partial charge in [0.15, 0.2) is 11.6 Å². The summed E-state index contributed by atoms with van der Waals surface area (Å²) in [6.07, 6.45) is 1.95. The van der Waals surface area contributed by atoms with Crippen molar-refractivity contribution in [3.05, 3.63) is 30.1 Å². The molecule has 0 radical (unpaired) electrons. The molecule has 3 rings (SSSR count). The van der Waals surface area contributed by atoms with Gasteiger partial charge in [-0.15, -0.1) is 0 Å². The third-order valence-corrected chi connectivity index (χ3v) is 4.69. The summed E-state index contributed by atoms with van der Waals surface area (Å²) in [7, 11) is 0. The smallest absolute Gasteiger partial charge is 0.248 e. The molecule has 2 fully saturated rings. The summed E-state index contributed by atoms with van der Waals surface area (Å²) in [5.41, 5.74) is 0. The van der Waals surface area contributed by atoms with Gasteiger partial charge in [0.1, 0.15) is 12.7 Å². The van der Waals surface area contributed by atoms with Gasteiger partial charge in [0.25, 0.3) is 0 Å². The number of para-hydroxylation sites is 1. The van der Waals surface area contributed by atoms with Crippen molar-refractivity contribution in [2.45, 2.75) is 25.9 Å². The number of hydrogen-bond acceptors (Lipinski definition) is 3. The molecule has 1 aliphatic carbocycles. The molecule has 0 unspecified atom stereocenters. The zero-order valence-corrected chi connectivity index (χ0v) is 12.8. The molecule has 0 spiro atoms. The van der Waals surface area contributed by atoms with Crippen LogP contribution in [0.15, 0.2) is 24.3 Å². The van der Waals surface area contributed by atoms with E-state index >= 15 is 0 Å². The quantitative estimate of drug-likeness (QED) is 0.839. The molecule has 1 heterocycles. The summed E-state index contributed by atoms with van der Waals surface area (Å²) in [5, 5.41) is 0. The Kier molecular flexibility index (Phi) is 4.62. The van der Waals surface area contributed by atoms with Crippen LogP contribution in [0.1, 0.15) is 19.8 Å². The molecule has 1 saturated carbocycles. The number of carbonyl (C=O) groups excluding carboxylic acids is 1. The average molecular weight is 307 g/mol. The van der Waals surface area contributed by atoms with Crippen molar-refractivity contribution in [1.29, 1.82) is 0 Å². The van der Waals surface area contributed by atoms with E-state index in [0.29, 0.717) is 30.7 Å². The minimum atomic E-state index is -0.326. The van der Waals surface area contributed by atoms with Crippen LogP contribution >= 0.6 is 0 Å². The highest BCUT2D eigenvalue weighted by Gasteiger charge is 2.45. The zero-order valence-electron chi connectivity index (χ0n) is 12.8. The molecule has 0 aromatic heterocycles. The van der Waals surface area contributed by atoms with E-state index in [1.165, 1.54) is 6.07 Å². The van der Waals surface area contributed by atoms with Gasteiger partial charge in [-0.25, -0.2) is 4.39 Å². The largest absolute Gasteiger partial charge is 0.487 e. The van der Waals surface area contributed by atoms with Gasteiger partial charge in [0.2, 0.25) is 5.91 Å². The predicted octanol–water partition coefficient (Wildman–Crippen LogP) is 2.48. The molecule has 1 aromatic carbocycles. The predicted molar refractivity (Wildman–Crippen MR) is 80.1 cm³/mol. The van der Waals surface area contributed by atoms with Crippen LogP contribution in [0.4, 0.5) is 4.39 Å². The lowest BCUT2D eigenvalue weighted by Gasteiger charge is -2.22. The summed E-state index contributed by atoms with van der Waals surface area (Å²) in [4.78, 5) is 13.9. The normalized spacial score (nSPS) is 27.0. The molecule has 1 saturated heterocycles. The highest BCUT2D eigenvalue weighted by Crippen LogP contribution is 2.40. The first-order valence-electron chi connectivity index (χ1n) is 7.95. The molecule has 4 nitrogen and oxygen atoms in total. The van der Waals surface area contributed by atoms with Crippen molar-refractivity contribution in [2.75, 3.05) is 26.3 Å². The summed E-state index contributed by atoms with van der Waals surface area (Å²) in [6.45, 7) is 4.04. The molecular weight excluding hydrogens is 285 g/mol. The van der Waals surface area contributed by atoms with Gasteiger partial charge in [0, 0.05) is 25.6 Å². The second kappa shape index (κ2) is 6.65. The van der Waals surface area contributed by atoms with Crippen molar-refractivity contribution >= 4 is 5.91 Å². The van der Waals surface area contributed by atoms with Crippen molar-refractivity contribution in [2.24, 2.45) is 11.8 Å². The monoisotopic (exact) mass is 307 g/mol. The van der Waals surface area contributed by atoms with Crippen molar-refractivity contribution in [3.8, 4) is 5.75 Å². The molecule has 5 heteroatoms. The van der Waals surface area contributed by atoms with Gasteiger partial charge < -0.3 is 14.4 Å². The van der Waals surface area contributed by atoms with Gasteiger partial charge in [-0.1, -0.05) is 12.1 Å². The first-order valence-corrected chi connectivity index (χ1v) is 7.95. The van der Waals surface area contributed by atoms with Gasteiger partial charge in [0.05, 0.1) is 0 Å². The van der Waals surface area contributed by atoms with Crippen molar-refractivity contribution < 1.29 is 18.7 Å². The summed E-state index contributed by atoms with van der Waals surface area (Å²) < 4.78 is 24.8. The van der Waals surface area contributed by atoms with Crippen LogP contribution in [0.2, 0.25) is 0 Å². The van der Waals surface area contributed by atoms with E-state index in [1.807, 2.05) is 11.8 Å². The standard InChI is InChI=1S/C17H22FNO3/c1-2-21-11-17(20)19-9-12-7-8-15(13(12)10-19)22-16-6-4-3-5-14(16)18/h3-6,12-13,15H,2,7-11H2,1H3/t12-,13+,15-/m0/s1. The molecule has 120 valence electrons. The SMILES string of the molecule is CCOCC(=O)N1C[C@@H]2CC[C@H](Oc3ccccc3F)[C@@H]2C1. The maximum atomic E-state index is 13.7. The Morgan fingerprint density at radius 1 is 1.32 bits per heavy atom. The molecule has 1 amide bonds. The maximum absolute atomic E-state index is 13.7. The van der Waals surface area contributed by atoms with Crippen LogP contribution in [0.3, 0.4) is 0 Å². The number of likely N-dealkylation sites (tertiary alicyclic amines) is 1. The van der Waals surface area contributed by atoms with E-state index in [0.717, 1.165) is 19.4 Å². The summed E-state index contributed by atoms with van der Waals surface area (Å²) in [6, 6.07) is 6.50. The molecule has 2 aliphatic rings. The first-order chi connectivity index (χ1) is 10.7. The number of amides is 1. The van der Waals surface area contributed by atoms with E-state index < -0.39 is 0 Å². The molecule has 0 bridgehead atoms. The van der Waals surface area contributed by atoms with E-state index in [4.69, 9.17) is 9.47 Å².